The van der Waals surface area contributed by atoms with Crippen molar-refractivity contribution >= 4 is 11.7 Å². The summed E-state index contributed by atoms with van der Waals surface area (Å²) in [5.41, 5.74) is 1.42. The molecule has 0 fully saturated rings. The third-order valence-electron chi connectivity index (χ3n) is 5.86. The van der Waals surface area contributed by atoms with Crippen molar-refractivity contribution in [3.63, 3.8) is 0 Å². The standard InChI is InChI=1S/C23H43N5/c1-8-21(16-18(4)28(19(5)24)23(25)17(2)3)27(7)15-14-22(26-6)20-12-10-9-11-13-20/h10,12-13,17-18,21-22,24-26H,8-9,11,14-16H2,1-7H3. The Labute approximate surface area is 173 Å². The number of hydrogen-bond acceptors (Lipinski definition) is 4. The van der Waals surface area contributed by atoms with Gasteiger partial charge in [-0.05, 0) is 72.2 Å². The normalized spacial score (nSPS) is 17.4. The molecule has 0 aliphatic heterocycles. The van der Waals surface area contributed by atoms with Gasteiger partial charge in [0.25, 0.3) is 0 Å². The highest BCUT2D eigenvalue weighted by Gasteiger charge is 2.25. The van der Waals surface area contributed by atoms with Crippen LogP contribution in [0, 0.1) is 16.7 Å². The van der Waals surface area contributed by atoms with Crippen LogP contribution >= 0.6 is 0 Å². The molecule has 1 aliphatic carbocycles. The lowest BCUT2D eigenvalue weighted by molar-refractivity contribution is 0.193. The second-order valence-corrected chi connectivity index (χ2v) is 8.44. The minimum Gasteiger partial charge on any atom is -0.316 e. The molecule has 28 heavy (non-hydrogen) atoms. The van der Waals surface area contributed by atoms with Gasteiger partial charge in [0.15, 0.2) is 0 Å². The maximum atomic E-state index is 8.40. The third kappa shape index (κ3) is 7.17. The zero-order valence-electron chi connectivity index (χ0n) is 19.2. The average Bonchev–Trinajstić information content (AvgIpc) is 2.66. The SMILES string of the molecule is CCC(CC(C)N(C(C)=N)C(=N)C(C)C)N(C)CCC(NC)C1=CCCC=C1. The van der Waals surface area contributed by atoms with Gasteiger partial charge in [-0.15, -0.1) is 0 Å². The summed E-state index contributed by atoms with van der Waals surface area (Å²) in [5, 5.41) is 20.0. The molecule has 1 rings (SSSR count). The van der Waals surface area contributed by atoms with Crippen LogP contribution in [0.5, 0.6) is 0 Å². The Morgan fingerprint density at radius 3 is 2.36 bits per heavy atom. The summed E-state index contributed by atoms with van der Waals surface area (Å²) in [6.45, 7) is 11.3. The van der Waals surface area contributed by atoms with Crippen LogP contribution < -0.4 is 5.32 Å². The number of nitrogens with one attached hydrogen (secondary N) is 3. The van der Waals surface area contributed by atoms with Crippen molar-refractivity contribution < 1.29 is 0 Å². The van der Waals surface area contributed by atoms with E-state index >= 15 is 0 Å². The van der Waals surface area contributed by atoms with E-state index in [0.29, 0.717) is 23.8 Å². The molecular weight excluding hydrogens is 346 g/mol. The minimum atomic E-state index is 0.133. The highest BCUT2D eigenvalue weighted by atomic mass is 15.2. The van der Waals surface area contributed by atoms with Gasteiger partial charge in [0.05, 0.1) is 5.84 Å². The number of rotatable bonds is 11. The third-order valence-corrected chi connectivity index (χ3v) is 5.86. The van der Waals surface area contributed by atoms with Gasteiger partial charge in [0.2, 0.25) is 0 Å². The quantitative estimate of drug-likeness (QED) is 0.355. The average molecular weight is 390 g/mol. The molecule has 0 spiro atoms. The molecule has 3 unspecified atom stereocenters. The van der Waals surface area contributed by atoms with E-state index in [-0.39, 0.29) is 12.0 Å². The van der Waals surface area contributed by atoms with Crippen molar-refractivity contribution in [2.75, 3.05) is 20.6 Å². The molecule has 3 N–H and O–H groups in total. The Balaban J connectivity index is 2.69. The predicted molar refractivity (Wildman–Crippen MR) is 123 cm³/mol. The Hall–Kier alpha value is -1.46. The van der Waals surface area contributed by atoms with Crippen LogP contribution in [0.3, 0.4) is 0 Å². The van der Waals surface area contributed by atoms with Gasteiger partial charge in [-0.25, -0.2) is 0 Å². The van der Waals surface area contributed by atoms with Gasteiger partial charge in [-0.1, -0.05) is 39.0 Å². The highest BCUT2D eigenvalue weighted by Crippen LogP contribution is 2.19. The maximum Gasteiger partial charge on any atom is 0.104 e. The van der Waals surface area contributed by atoms with E-state index in [9.17, 15) is 0 Å². The van der Waals surface area contributed by atoms with Crippen molar-refractivity contribution in [1.29, 1.82) is 10.8 Å². The van der Waals surface area contributed by atoms with E-state index in [1.807, 2.05) is 18.7 Å². The zero-order valence-corrected chi connectivity index (χ0v) is 19.2. The number of allylic oxidation sites excluding steroid dienone is 2. The molecular formula is C23H43N5. The van der Waals surface area contributed by atoms with Crippen molar-refractivity contribution in [1.82, 2.24) is 15.1 Å². The molecule has 5 heteroatoms. The first-order valence-electron chi connectivity index (χ1n) is 10.9. The smallest absolute Gasteiger partial charge is 0.104 e. The van der Waals surface area contributed by atoms with Crippen molar-refractivity contribution in [2.45, 2.75) is 84.8 Å². The molecule has 0 radical (unpaired) electrons. The van der Waals surface area contributed by atoms with Crippen LogP contribution in [-0.2, 0) is 0 Å². The first kappa shape index (κ1) is 24.6. The Morgan fingerprint density at radius 1 is 1.21 bits per heavy atom. The lowest BCUT2D eigenvalue weighted by Gasteiger charge is -2.37. The predicted octanol–water partition coefficient (Wildman–Crippen LogP) is 4.66. The van der Waals surface area contributed by atoms with E-state index in [0.717, 1.165) is 38.6 Å². The Bertz CT molecular complexity index is 563. The molecule has 0 aromatic carbocycles. The fraction of sp³-hybridized carbons (Fsp3) is 0.739. The summed E-state index contributed by atoms with van der Waals surface area (Å²) >= 11 is 0. The molecule has 0 saturated carbocycles. The number of nitrogens with zero attached hydrogens (tertiary/aromatic N) is 2. The molecule has 5 nitrogen and oxygen atoms in total. The summed E-state index contributed by atoms with van der Waals surface area (Å²) in [5.74, 6) is 1.15. The second kappa shape index (κ2) is 12.2. The molecule has 3 atom stereocenters. The van der Waals surface area contributed by atoms with Crippen LogP contribution in [0.25, 0.3) is 0 Å². The largest absolute Gasteiger partial charge is 0.316 e. The van der Waals surface area contributed by atoms with Crippen molar-refractivity contribution in [2.24, 2.45) is 5.92 Å². The summed E-state index contributed by atoms with van der Waals surface area (Å²) in [6, 6.07) is 1.01. The molecule has 0 aromatic rings. The number of amidine groups is 2. The Kier molecular flexibility index (Phi) is 10.7. The minimum absolute atomic E-state index is 0.133. The van der Waals surface area contributed by atoms with E-state index in [2.05, 4.69) is 56.4 Å². The summed E-state index contributed by atoms with van der Waals surface area (Å²) in [7, 11) is 4.27. The van der Waals surface area contributed by atoms with Crippen LogP contribution in [0.2, 0.25) is 0 Å². The Morgan fingerprint density at radius 2 is 1.89 bits per heavy atom. The summed E-state index contributed by atoms with van der Waals surface area (Å²) in [4.78, 5) is 4.36. The molecule has 160 valence electrons. The van der Waals surface area contributed by atoms with Gasteiger partial charge >= 0.3 is 0 Å². The van der Waals surface area contributed by atoms with E-state index in [1.54, 1.807) is 6.92 Å². The number of likely N-dealkylation sites (N-methyl/N-ethyl adjacent to an activating group) is 1. The zero-order chi connectivity index (χ0) is 21.3. The molecule has 0 heterocycles. The van der Waals surface area contributed by atoms with Crippen LogP contribution in [-0.4, -0.2) is 60.2 Å². The first-order valence-corrected chi connectivity index (χ1v) is 10.9. The van der Waals surface area contributed by atoms with Gasteiger partial charge in [0, 0.05) is 24.0 Å². The first-order chi connectivity index (χ1) is 13.2. The van der Waals surface area contributed by atoms with Gasteiger partial charge in [-0.3, -0.25) is 10.8 Å². The molecule has 0 saturated heterocycles. The van der Waals surface area contributed by atoms with Gasteiger partial charge in [0.1, 0.15) is 5.84 Å². The molecule has 0 aromatic heterocycles. The lowest BCUT2D eigenvalue weighted by Crippen LogP contribution is -2.47. The maximum absolute atomic E-state index is 8.40. The molecule has 0 bridgehead atoms. The fourth-order valence-corrected chi connectivity index (χ4v) is 4.07. The highest BCUT2D eigenvalue weighted by molar-refractivity contribution is 5.98. The van der Waals surface area contributed by atoms with Crippen molar-refractivity contribution in [3.8, 4) is 0 Å². The van der Waals surface area contributed by atoms with Gasteiger partial charge < -0.3 is 15.1 Å². The monoisotopic (exact) mass is 389 g/mol. The summed E-state index contributed by atoms with van der Waals surface area (Å²) < 4.78 is 0. The number of hydrogen-bond donors (Lipinski definition) is 3. The van der Waals surface area contributed by atoms with E-state index in [1.165, 1.54) is 5.57 Å². The second-order valence-electron chi connectivity index (χ2n) is 8.44. The summed E-state index contributed by atoms with van der Waals surface area (Å²) in [6.07, 6.45) is 12.3. The van der Waals surface area contributed by atoms with Crippen LogP contribution in [0.15, 0.2) is 23.8 Å². The molecule has 1 aliphatic rings. The fourth-order valence-electron chi connectivity index (χ4n) is 4.07. The van der Waals surface area contributed by atoms with E-state index < -0.39 is 0 Å². The van der Waals surface area contributed by atoms with Crippen LogP contribution in [0.4, 0.5) is 0 Å². The van der Waals surface area contributed by atoms with Crippen molar-refractivity contribution in [3.05, 3.63) is 23.8 Å². The van der Waals surface area contributed by atoms with Gasteiger partial charge in [-0.2, -0.15) is 0 Å². The molecule has 0 amide bonds. The van der Waals surface area contributed by atoms with Crippen LogP contribution in [0.1, 0.15) is 66.7 Å². The topological polar surface area (TPSA) is 66.2 Å². The lowest BCUT2D eigenvalue weighted by atomic mass is 9.97. The van der Waals surface area contributed by atoms with E-state index in [4.69, 9.17) is 10.8 Å².